The van der Waals surface area contributed by atoms with Gasteiger partial charge in [0.05, 0.1) is 25.3 Å². The molecule has 1 heterocycles. The van der Waals surface area contributed by atoms with Crippen LogP contribution in [0.3, 0.4) is 0 Å². The van der Waals surface area contributed by atoms with Crippen molar-refractivity contribution < 1.29 is 14.3 Å². The maximum Gasteiger partial charge on any atom is 0.408 e. The first kappa shape index (κ1) is 14.5. The molecule has 2 unspecified atom stereocenters. The first-order valence-corrected chi connectivity index (χ1v) is 4.71. The van der Waals surface area contributed by atoms with Crippen molar-refractivity contribution in [2.24, 2.45) is 5.73 Å². The zero-order valence-corrected chi connectivity index (χ0v) is 10.1. The highest BCUT2D eigenvalue weighted by Gasteiger charge is 2.28. The average molecular weight is 239 g/mol. The van der Waals surface area contributed by atoms with Crippen LogP contribution in [0.4, 0.5) is 4.79 Å². The molecule has 1 saturated heterocycles. The van der Waals surface area contributed by atoms with Gasteiger partial charge < -0.3 is 20.5 Å². The number of alkyl carbamates (subject to hydrolysis) is 1. The molecule has 0 spiro atoms. The molecular formula is C9H19ClN2O3. The summed E-state index contributed by atoms with van der Waals surface area (Å²) in [5.74, 6) is 0. The Balaban J connectivity index is 0.00000196. The quantitative estimate of drug-likeness (QED) is 0.704. The summed E-state index contributed by atoms with van der Waals surface area (Å²) in [6, 6.07) is -0.271. The summed E-state index contributed by atoms with van der Waals surface area (Å²) < 4.78 is 10.2. The van der Waals surface area contributed by atoms with Gasteiger partial charge in [-0.05, 0) is 20.8 Å². The van der Waals surface area contributed by atoms with Crippen LogP contribution in [-0.2, 0) is 9.47 Å². The first-order valence-electron chi connectivity index (χ1n) is 4.71. The molecule has 90 valence electrons. The molecule has 15 heavy (non-hydrogen) atoms. The van der Waals surface area contributed by atoms with Gasteiger partial charge in [0.15, 0.2) is 0 Å². The van der Waals surface area contributed by atoms with Gasteiger partial charge in [0.2, 0.25) is 0 Å². The lowest BCUT2D eigenvalue weighted by Gasteiger charge is -2.22. The molecule has 5 nitrogen and oxygen atoms in total. The molecule has 0 aromatic heterocycles. The second kappa shape index (κ2) is 5.53. The maximum absolute atomic E-state index is 11.3. The highest BCUT2D eigenvalue weighted by Crippen LogP contribution is 2.08. The molecule has 2 atom stereocenters. The number of nitrogens with two attached hydrogens (primary N) is 1. The first-order chi connectivity index (χ1) is 6.38. The second-order valence-electron chi connectivity index (χ2n) is 4.45. The van der Waals surface area contributed by atoms with E-state index < -0.39 is 11.7 Å². The number of ether oxygens (including phenoxy) is 2. The monoisotopic (exact) mass is 238 g/mol. The van der Waals surface area contributed by atoms with E-state index in [1.54, 1.807) is 0 Å². The fourth-order valence-corrected chi connectivity index (χ4v) is 1.18. The van der Waals surface area contributed by atoms with Crippen molar-refractivity contribution in [3.05, 3.63) is 0 Å². The summed E-state index contributed by atoms with van der Waals surface area (Å²) in [5, 5.41) is 2.67. The fourth-order valence-electron chi connectivity index (χ4n) is 1.18. The number of amides is 1. The van der Waals surface area contributed by atoms with E-state index in [9.17, 15) is 4.79 Å². The third kappa shape index (κ3) is 5.20. The van der Waals surface area contributed by atoms with Crippen LogP contribution in [0, 0.1) is 0 Å². The standard InChI is InChI=1S/C9H18N2O3.ClH/c1-9(2,3)14-8(12)11-7-5-13-4-6(7)10;/h6-7H,4-5,10H2,1-3H3,(H,11,12);1H. The van der Waals surface area contributed by atoms with Crippen LogP contribution in [0.15, 0.2) is 0 Å². The van der Waals surface area contributed by atoms with Gasteiger partial charge >= 0.3 is 6.09 Å². The summed E-state index contributed by atoms with van der Waals surface area (Å²) in [6.07, 6.45) is -0.441. The zero-order valence-electron chi connectivity index (χ0n) is 9.28. The number of halogens is 1. The van der Waals surface area contributed by atoms with Crippen molar-refractivity contribution in [2.45, 2.75) is 38.5 Å². The van der Waals surface area contributed by atoms with Crippen molar-refractivity contribution >= 4 is 18.5 Å². The van der Waals surface area contributed by atoms with Gasteiger partial charge in [-0.2, -0.15) is 0 Å². The Bertz CT molecular complexity index is 218. The number of hydrogen-bond acceptors (Lipinski definition) is 4. The van der Waals surface area contributed by atoms with E-state index in [-0.39, 0.29) is 24.5 Å². The Kier molecular flexibility index (Phi) is 5.34. The van der Waals surface area contributed by atoms with E-state index >= 15 is 0 Å². The predicted molar refractivity (Wildman–Crippen MR) is 59.2 cm³/mol. The van der Waals surface area contributed by atoms with Crippen molar-refractivity contribution in [3.63, 3.8) is 0 Å². The topological polar surface area (TPSA) is 73.6 Å². The number of rotatable bonds is 1. The van der Waals surface area contributed by atoms with Crippen molar-refractivity contribution in [1.29, 1.82) is 0 Å². The molecule has 1 aliphatic rings. The number of carbonyl (C=O) groups is 1. The molecule has 3 N–H and O–H groups in total. The van der Waals surface area contributed by atoms with Crippen molar-refractivity contribution in [3.8, 4) is 0 Å². The highest BCUT2D eigenvalue weighted by atomic mass is 35.5. The van der Waals surface area contributed by atoms with Gasteiger partial charge in [0.1, 0.15) is 5.60 Å². The van der Waals surface area contributed by atoms with Crippen LogP contribution in [0.5, 0.6) is 0 Å². The Morgan fingerprint density at radius 3 is 2.47 bits per heavy atom. The SMILES string of the molecule is CC(C)(C)OC(=O)NC1COCC1N.Cl. The Labute approximate surface area is 96.1 Å². The maximum atomic E-state index is 11.3. The normalized spacial score (nSPS) is 25.6. The zero-order chi connectivity index (χ0) is 10.8. The molecule has 1 fully saturated rings. The molecule has 6 heteroatoms. The van der Waals surface area contributed by atoms with E-state index in [4.69, 9.17) is 15.2 Å². The van der Waals surface area contributed by atoms with Gasteiger partial charge in [-0.3, -0.25) is 0 Å². The molecule has 1 amide bonds. The van der Waals surface area contributed by atoms with E-state index in [0.29, 0.717) is 13.2 Å². The minimum absolute atomic E-state index is 0. The van der Waals surface area contributed by atoms with Crippen LogP contribution in [0.2, 0.25) is 0 Å². The van der Waals surface area contributed by atoms with Crippen LogP contribution in [0.1, 0.15) is 20.8 Å². The predicted octanol–water partition coefficient (Wildman–Crippen LogP) is 0.659. The van der Waals surface area contributed by atoms with Crippen LogP contribution >= 0.6 is 12.4 Å². The van der Waals surface area contributed by atoms with Crippen LogP contribution in [-0.4, -0.2) is 37.0 Å². The van der Waals surface area contributed by atoms with Gasteiger partial charge in [0.25, 0.3) is 0 Å². The minimum atomic E-state index is -0.479. The number of carbonyl (C=O) groups excluding carboxylic acids is 1. The Morgan fingerprint density at radius 1 is 1.47 bits per heavy atom. The van der Waals surface area contributed by atoms with Gasteiger partial charge in [0, 0.05) is 0 Å². The lowest BCUT2D eigenvalue weighted by molar-refractivity contribution is 0.0496. The van der Waals surface area contributed by atoms with Gasteiger partial charge in [-0.1, -0.05) is 0 Å². The smallest absolute Gasteiger partial charge is 0.408 e. The van der Waals surface area contributed by atoms with Crippen molar-refractivity contribution in [2.75, 3.05) is 13.2 Å². The fraction of sp³-hybridized carbons (Fsp3) is 0.889. The summed E-state index contributed by atoms with van der Waals surface area (Å²) in [6.45, 7) is 6.40. The summed E-state index contributed by atoms with van der Waals surface area (Å²) in [4.78, 5) is 11.3. The number of nitrogens with one attached hydrogen (secondary N) is 1. The van der Waals surface area contributed by atoms with E-state index in [2.05, 4.69) is 5.32 Å². The van der Waals surface area contributed by atoms with Crippen LogP contribution in [0.25, 0.3) is 0 Å². The van der Waals surface area contributed by atoms with Gasteiger partial charge in [-0.25, -0.2) is 4.79 Å². The van der Waals surface area contributed by atoms with E-state index in [0.717, 1.165) is 0 Å². The Morgan fingerprint density at radius 2 is 2.07 bits per heavy atom. The molecule has 1 rings (SSSR count). The van der Waals surface area contributed by atoms with Crippen LogP contribution < -0.4 is 11.1 Å². The summed E-state index contributed by atoms with van der Waals surface area (Å²) >= 11 is 0. The Hall–Kier alpha value is -0.520. The molecule has 0 saturated carbocycles. The number of hydrogen-bond donors (Lipinski definition) is 2. The summed E-state index contributed by atoms with van der Waals surface area (Å²) in [5.41, 5.74) is 5.22. The van der Waals surface area contributed by atoms with Crippen molar-refractivity contribution in [1.82, 2.24) is 5.32 Å². The lowest BCUT2D eigenvalue weighted by atomic mass is 10.2. The molecule has 0 aliphatic carbocycles. The third-order valence-corrected chi connectivity index (χ3v) is 1.83. The largest absolute Gasteiger partial charge is 0.444 e. The molecule has 0 aromatic rings. The minimum Gasteiger partial charge on any atom is -0.444 e. The van der Waals surface area contributed by atoms with Gasteiger partial charge in [-0.15, -0.1) is 12.4 Å². The lowest BCUT2D eigenvalue weighted by Crippen LogP contribution is -2.48. The van der Waals surface area contributed by atoms with E-state index in [1.165, 1.54) is 0 Å². The molecule has 1 aliphatic heterocycles. The average Bonchev–Trinajstić information content (AvgIpc) is 2.32. The molecular weight excluding hydrogens is 220 g/mol. The highest BCUT2D eigenvalue weighted by molar-refractivity contribution is 5.85. The molecule has 0 radical (unpaired) electrons. The third-order valence-electron chi connectivity index (χ3n) is 1.83. The van der Waals surface area contributed by atoms with E-state index in [1.807, 2.05) is 20.8 Å². The molecule has 0 aromatic carbocycles. The summed E-state index contributed by atoms with van der Waals surface area (Å²) in [7, 11) is 0. The second-order valence-corrected chi connectivity index (χ2v) is 4.45. The molecule has 0 bridgehead atoms.